The van der Waals surface area contributed by atoms with Crippen LogP contribution >= 0.6 is 0 Å². The van der Waals surface area contributed by atoms with Gasteiger partial charge in [0.15, 0.2) is 0 Å². The molecule has 1 aliphatic rings. The molecule has 2 aromatic rings. The van der Waals surface area contributed by atoms with E-state index in [1.165, 1.54) is 5.56 Å². The van der Waals surface area contributed by atoms with Crippen molar-refractivity contribution < 1.29 is 9.53 Å². The predicted molar refractivity (Wildman–Crippen MR) is 96.8 cm³/mol. The highest BCUT2D eigenvalue weighted by Gasteiger charge is 2.26. The number of hydrogen-bond acceptors (Lipinski definition) is 3. The lowest BCUT2D eigenvalue weighted by molar-refractivity contribution is 0.168. The lowest BCUT2D eigenvalue weighted by atomic mass is 9.98. The quantitative estimate of drug-likeness (QED) is 0.877. The number of aryl methyl sites for hydroxylation is 1. The maximum atomic E-state index is 12.4. The van der Waals surface area contributed by atoms with Crippen molar-refractivity contribution in [2.45, 2.75) is 38.7 Å². The van der Waals surface area contributed by atoms with E-state index in [1.807, 2.05) is 49.2 Å². The summed E-state index contributed by atoms with van der Waals surface area (Å²) < 4.78 is 5.84. The van der Waals surface area contributed by atoms with Gasteiger partial charge >= 0.3 is 6.03 Å². The molecule has 1 aliphatic heterocycles. The van der Waals surface area contributed by atoms with Crippen LogP contribution in [0.25, 0.3) is 0 Å². The van der Waals surface area contributed by atoms with Gasteiger partial charge in [-0.05, 0) is 38.8 Å². The maximum absolute atomic E-state index is 12.4. The molecule has 2 heterocycles. The predicted octanol–water partition coefficient (Wildman–Crippen LogP) is 3.07. The molecule has 0 radical (unpaired) electrons. The summed E-state index contributed by atoms with van der Waals surface area (Å²) in [5.41, 5.74) is 1.20. The van der Waals surface area contributed by atoms with Gasteiger partial charge in [0.05, 0.1) is 6.54 Å². The number of carbonyl (C=O) groups is 1. The first-order valence-electron chi connectivity index (χ1n) is 8.87. The van der Waals surface area contributed by atoms with Crippen LogP contribution in [0.3, 0.4) is 0 Å². The Morgan fingerprint density at radius 1 is 1.44 bits per heavy atom. The van der Waals surface area contributed by atoms with E-state index < -0.39 is 0 Å². The number of nitrogens with zero attached hydrogens (tertiary/aromatic N) is 2. The lowest BCUT2D eigenvalue weighted by Crippen LogP contribution is -2.47. The zero-order valence-corrected chi connectivity index (χ0v) is 14.9. The summed E-state index contributed by atoms with van der Waals surface area (Å²) in [7, 11) is 0. The number of likely N-dealkylation sites (tertiary alicyclic amines) is 1. The van der Waals surface area contributed by atoms with Gasteiger partial charge in [-0.2, -0.15) is 0 Å². The van der Waals surface area contributed by atoms with Crippen LogP contribution in [-0.2, 0) is 0 Å². The zero-order chi connectivity index (χ0) is 17.6. The van der Waals surface area contributed by atoms with Gasteiger partial charge in [-0.1, -0.05) is 17.7 Å². The first-order chi connectivity index (χ1) is 12.1. The maximum Gasteiger partial charge on any atom is 0.317 e. The minimum absolute atomic E-state index is 0.0318. The van der Waals surface area contributed by atoms with Gasteiger partial charge in [-0.3, -0.25) is 0 Å². The van der Waals surface area contributed by atoms with E-state index in [0.717, 1.165) is 31.0 Å². The molecular weight excluding hydrogens is 316 g/mol. The first-order valence-corrected chi connectivity index (χ1v) is 8.87. The van der Waals surface area contributed by atoms with Crippen molar-refractivity contribution in [3.05, 3.63) is 48.0 Å². The number of imidazole rings is 1. The third-order valence-corrected chi connectivity index (χ3v) is 4.51. The van der Waals surface area contributed by atoms with E-state index in [2.05, 4.69) is 15.3 Å². The first kappa shape index (κ1) is 17.3. The molecule has 0 aliphatic carbocycles. The number of aromatic amines is 1. The molecule has 2 N–H and O–H groups in total. The molecule has 1 fully saturated rings. The molecule has 1 aromatic heterocycles. The van der Waals surface area contributed by atoms with Gasteiger partial charge in [0.1, 0.15) is 17.7 Å². The van der Waals surface area contributed by atoms with Crippen LogP contribution in [0.15, 0.2) is 36.7 Å². The fourth-order valence-electron chi connectivity index (χ4n) is 3.12. The molecule has 6 nitrogen and oxygen atoms in total. The standard InChI is InChI=1S/C19H26N4O2/c1-14-5-7-17(8-6-14)25-15(2)12-22-19(24)23-11-3-4-16(13-23)18-20-9-10-21-18/h5-10,15-16H,3-4,11-13H2,1-2H3,(H,20,21)(H,22,24)/t15-,16-/m0/s1. The highest BCUT2D eigenvalue weighted by Crippen LogP contribution is 2.24. The van der Waals surface area contributed by atoms with E-state index in [1.54, 1.807) is 6.20 Å². The van der Waals surface area contributed by atoms with Crippen LogP contribution in [0, 0.1) is 6.92 Å². The second-order valence-corrected chi connectivity index (χ2v) is 6.69. The van der Waals surface area contributed by atoms with Crippen molar-refractivity contribution in [1.82, 2.24) is 20.2 Å². The van der Waals surface area contributed by atoms with Crippen molar-refractivity contribution in [2.75, 3.05) is 19.6 Å². The number of hydrogen-bond donors (Lipinski definition) is 2. The third-order valence-electron chi connectivity index (χ3n) is 4.51. The smallest absolute Gasteiger partial charge is 0.317 e. The minimum atomic E-state index is -0.0858. The number of nitrogens with one attached hydrogen (secondary N) is 2. The molecule has 3 rings (SSSR count). The monoisotopic (exact) mass is 342 g/mol. The van der Waals surface area contributed by atoms with Crippen LogP contribution in [0.1, 0.15) is 37.1 Å². The Hall–Kier alpha value is -2.50. The van der Waals surface area contributed by atoms with E-state index in [9.17, 15) is 4.79 Å². The van der Waals surface area contributed by atoms with Gasteiger partial charge in [-0.15, -0.1) is 0 Å². The average molecular weight is 342 g/mol. The Bertz CT molecular complexity index is 669. The molecule has 1 saturated heterocycles. The summed E-state index contributed by atoms with van der Waals surface area (Å²) in [4.78, 5) is 21.8. The van der Waals surface area contributed by atoms with Gasteiger partial charge < -0.3 is 19.9 Å². The second-order valence-electron chi connectivity index (χ2n) is 6.69. The minimum Gasteiger partial charge on any atom is -0.489 e. The number of piperidine rings is 1. The van der Waals surface area contributed by atoms with Gasteiger partial charge in [0.2, 0.25) is 0 Å². The Labute approximate surface area is 148 Å². The molecule has 2 atom stereocenters. The molecule has 6 heteroatoms. The molecular formula is C19H26N4O2. The largest absolute Gasteiger partial charge is 0.489 e. The number of carbonyl (C=O) groups excluding carboxylic acids is 1. The number of urea groups is 1. The van der Waals surface area contributed by atoms with Crippen LogP contribution < -0.4 is 10.1 Å². The number of amides is 2. The van der Waals surface area contributed by atoms with Crippen LogP contribution in [0.4, 0.5) is 4.79 Å². The summed E-state index contributed by atoms with van der Waals surface area (Å²) in [5.74, 6) is 2.08. The molecule has 0 saturated carbocycles. The molecule has 25 heavy (non-hydrogen) atoms. The Morgan fingerprint density at radius 2 is 2.24 bits per heavy atom. The van der Waals surface area contributed by atoms with E-state index >= 15 is 0 Å². The van der Waals surface area contributed by atoms with E-state index in [-0.39, 0.29) is 18.1 Å². The van der Waals surface area contributed by atoms with Crippen molar-refractivity contribution in [3.63, 3.8) is 0 Å². The summed E-state index contributed by atoms with van der Waals surface area (Å²) >= 11 is 0. The zero-order valence-electron chi connectivity index (χ0n) is 14.9. The summed E-state index contributed by atoms with van der Waals surface area (Å²) in [6, 6.07) is 7.90. The van der Waals surface area contributed by atoms with Crippen molar-refractivity contribution >= 4 is 6.03 Å². The molecule has 0 bridgehead atoms. The molecule has 0 spiro atoms. The highest BCUT2D eigenvalue weighted by molar-refractivity contribution is 5.74. The Kier molecular flexibility index (Phi) is 5.58. The van der Waals surface area contributed by atoms with Crippen LogP contribution in [-0.4, -0.2) is 46.6 Å². The fraction of sp³-hybridized carbons (Fsp3) is 0.474. The number of H-pyrrole nitrogens is 1. The highest BCUT2D eigenvalue weighted by atomic mass is 16.5. The normalized spacial score (nSPS) is 18.6. The Balaban J connectivity index is 1.46. The average Bonchev–Trinajstić information content (AvgIpc) is 3.16. The number of benzene rings is 1. The summed E-state index contributed by atoms with van der Waals surface area (Å²) in [6.45, 7) is 5.97. The molecule has 2 amide bonds. The number of ether oxygens (including phenoxy) is 1. The van der Waals surface area contributed by atoms with Crippen LogP contribution in [0.2, 0.25) is 0 Å². The van der Waals surface area contributed by atoms with E-state index in [0.29, 0.717) is 13.1 Å². The van der Waals surface area contributed by atoms with Gasteiger partial charge in [-0.25, -0.2) is 9.78 Å². The lowest BCUT2D eigenvalue weighted by Gasteiger charge is -2.32. The number of aromatic nitrogens is 2. The second kappa shape index (κ2) is 8.05. The van der Waals surface area contributed by atoms with Crippen molar-refractivity contribution in [2.24, 2.45) is 0 Å². The fourth-order valence-corrected chi connectivity index (χ4v) is 3.12. The van der Waals surface area contributed by atoms with Gasteiger partial charge in [0, 0.05) is 31.4 Å². The van der Waals surface area contributed by atoms with Crippen LogP contribution in [0.5, 0.6) is 5.75 Å². The van der Waals surface area contributed by atoms with Crippen molar-refractivity contribution in [1.29, 1.82) is 0 Å². The van der Waals surface area contributed by atoms with Gasteiger partial charge in [0.25, 0.3) is 0 Å². The Morgan fingerprint density at radius 3 is 2.96 bits per heavy atom. The third kappa shape index (κ3) is 4.75. The molecule has 1 aromatic carbocycles. The van der Waals surface area contributed by atoms with E-state index in [4.69, 9.17) is 4.74 Å². The SMILES string of the molecule is Cc1ccc(O[C@@H](C)CNC(=O)N2CCC[C@H](c3ncc[nH]3)C2)cc1. The number of rotatable bonds is 5. The summed E-state index contributed by atoms with van der Waals surface area (Å²) in [5, 5.41) is 2.98. The van der Waals surface area contributed by atoms with Crippen molar-refractivity contribution in [3.8, 4) is 5.75 Å². The molecule has 134 valence electrons. The summed E-state index contributed by atoms with van der Waals surface area (Å²) in [6.07, 6.45) is 5.56. The molecule has 0 unspecified atom stereocenters. The topological polar surface area (TPSA) is 70.2 Å².